The first-order valence-electron chi connectivity index (χ1n) is 10.4. The summed E-state index contributed by atoms with van der Waals surface area (Å²) in [7, 11) is 0. The largest absolute Gasteiger partial charge is 0.494 e. The standard InChI is InChI=1S/C22H32N4O3/c1-4-27-17-9-11-20(28-5-2)18(14-17)25-22(23)24-15-19(26-12-6-7-13-26)21-10-8-16(3)29-21/h8-11,14,19H,4-7,12-13,15H2,1-3H3,(H3,23,24,25). The van der Waals surface area contributed by atoms with Gasteiger partial charge in [0.2, 0.25) is 0 Å². The van der Waals surface area contributed by atoms with Crippen molar-refractivity contribution in [2.24, 2.45) is 10.7 Å². The molecule has 1 aliphatic rings. The van der Waals surface area contributed by atoms with Gasteiger partial charge in [-0.2, -0.15) is 0 Å². The maximum absolute atomic E-state index is 6.22. The van der Waals surface area contributed by atoms with Gasteiger partial charge >= 0.3 is 0 Å². The van der Waals surface area contributed by atoms with Gasteiger partial charge in [-0.15, -0.1) is 0 Å². The SMILES string of the molecule is CCOc1ccc(OCC)c(NC(N)=NCC(c2ccc(C)o2)N2CCCC2)c1. The summed E-state index contributed by atoms with van der Waals surface area (Å²) in [6.45, 7) is 9.66. The predicted octanol–water partition coefficient (Wildman–Crippen LogP) is 3.95. The van der Waals surface area contributed by atoms with E-state index in [9.17, 15) is 0 Å². The Morgan fingerprint density at radius 1 is 1.17 bits per heavy atom. The second-order valence-electron chi connectivity index (χ2n) is 7.08. The van der Waals surface area contributed by atoms with Gasteiger partial charge in [0.1, 0.15) is 23.0 Å². The van der Waals surface area contributed by atoms with Gasteiger partial charge in [-0.05, 0) is 71.0 Å². The summed E-state index contributed by atoms with van der Waals surface area (Å²) >= 11 is 0. The van der Waals surface area contributed by atoms with Crippen LogP contribution in [0.5, 0.6) is 11.5 Å². The van der Waals surface area contributed by atoms with Crippen LogP contribution in [0.4, 0.5) is 5.69 Å². The number of aryl methyl sites for hydroxylation is 1. The molecule has 0 amide bonds. The smallest absolute Gasteiger partial charge is 0.193 e. The van der Waals surface area contributed by atoms with Crippen LogP contribution < -0.4 is 20.5 Å². The third kappa shape index (κ3) is 5.67. The molecule has 1 saturated heterocycles. The molecule has 2 heterocycles. The molecule has 7 heteroatoms. The van der Waals surface area contributed by atoms with Gasteiger partial charge in [0.25, 0.3) is 0 Å². The Morgan fingerprint density at radius 3 is 2.59 bits per heavy atom. The lowest BCUT2D eigenvalue weighted by molar-refractivity contribution is 0.219. The Kier molecular flexibility index (Phi) is 7.41. The van der Waals surface area contributed by atoms with Crippen LogP contribution in [0, 0.1) is 6.92 Å². The number of hydrogen-bond donors (Lipinski definition) is 2. The zero-order chi connectivity index (χ0) is 20.6. The third-order valence-electron chi connectivity index (χ3n) is 4.93. The first-order chi connectivity index (χ1) is 14.1. The molecule has 3 N–H and O–H groups in total. The molecule has 3 rings (SSSR count). The van der Waals surface area contributed by atoms with E-state index in [0.717, 1.165) is 36.0 Å². The lowest BCUT2D eigenvalue weighted by atomic mass is 10.2. The first-order valence-corrected chi connectivity index (χ1v) is 10.4. The van der Waals surface area contributed by atoms with Gasteiger partial charge in [0.05, 0.1) is 31.5 Å². The van der Waals surface area contributed by atoms with E-state index >= 15 is 0 Å². The van der Waals surface area contributed by atoms with Crippen LogP contribution >= 0.6 is 0 Å². The molecule has 1 unspecified atom stereocenters. The van der Waals surface area contributed by atoms with E-state index in [4.69, 9.17) is 19.6 Å². The number of hydrogen-bond acceptors (Lipinski definition) is 5. The number of furan rings is 1. The molecule has 158 valence electrons. The van der Waals surface area contributed by atoms with Crippen LogP contribution in [0.2, 0.25) is 0 Å². The molecular formula is C22H32N4O3. The number of anilines is 1. The minimum Gasteiger partial charge on any atom is -0.494 e. The summed E-state index contributed by atoms with van der Waals surface area (Å²) in [6, 6.07) is 9.77. The van der Waals surface area contributed by atoms with E-state index in [0.29, 0.717) is 31.5 Å². The van der Waals surface area contributed by atoms with E-state index in [-0.39, 0.29) is 6.04 Å². The highest BCUT2D eigenvalue weighted by Gasteiger charge is 2.25. The van der Waals surface area contributed by atoms with Crippen LogP contribution in [0.15, 0.2) is 39.7 Å². The van der Waals surface area contributed by atoms with Crippen molar-refractivity contribution >= 4 is 11.6 Å². The summed E-state index contributed by atoms with van der Waals surface area (Å²) in [5.74, 6) is 3.66. The fourth-order valence-corrected chi connectivity index (χ4v) is 3.58. The molecule has 0 spiro atoms. The molecule has 0 aliphatic carbocycles. The number of rotatable bonds is 9. The second kappa shape index (κ2) is 10.2. The molecule has 29 heavy (non-hydrogen) atoms. The summed E-state index contributed by atoms with van der Waals surface area (Å²) in [4.78, 5) is 7.03. The number of ether oxygens (including phenoxy) is 2. The topological polar surface area (TPSA) is 85.2 Å². The third-order valence-corrected chi connectivity index (χ3v) is 4.93. The maximum Gasteiger partial charge on any atom is 0.193 e. The number of guanidine groups is 1. The highest BCUT2D eigenvalue weighted by Crippen LogP contribution is 2.30. The average Bonchev–Trinajstić information content (AvgIpc) is 3.37. The molecule has 0 bridgehead atoms. The maximum atomic E-state index is 6.22. The van der Waals surface area contributed by atoms with E-state index < -0.39 is 0 Å². The molecule has 1 aromatic heterocycles. The molecule has 1 atom stereocenters. The zero-order valence-corrected chi connectivity index (χ0v) is 17.6. The van der Waals surface area contributed by atoms with Gasteiger partial charge in [0, 0.05) is 6.07 Å². The number of likely N-dealkylation sites (tertiary alicyclic amines) is 1. The molecule has 0 radical (unpaired) electrons. The zero-order valence-electron chi connectivity index (χ0n) is 17.6. The number of nitrogens with one attached hydrogen (secondary N) is 1. The minimum atomic E-state index is 0.0904. The Balaban J connectivity index is 1.74. The Labute approximate surface area is 172 Å². The average molecular weight is 401 g/mol. The Morgan fingerprint density at radius 2 is 1.93 bits per heavy atom. The summed E-state index contributed by atoms with van der Waals surface area (Å²) in [6.07, 6.45) is 2.41. The molecule has 7 nitrogen and oxygen atoms in total. The Hall–Kier alpha value is -2.67. The monoisotopic (exact) mass is 400 g/mol. The highest BCUT2D eigenvalue weighted by atomic mass is 16.5. The van der Waals surface area contributed by atoms with Gasteiger partial charge in [-0.25, -0.2) is 0 Å². The number of benzene rings is 1. The summed E-state index contributed by atoms with van der Waals surface area (Å²) < 4.78 is 17.2. The van der Waals surface area contributed by atoms with Crippen molar-refractivity contribution in [3.63, 3.8) is 0 Å². The molecule has 1 aromatic carbocycles. The lowest BCUT2D eigenvalue weighted by Gasteiger charge is -2.24. The van der Waals surface area contributed by atoms with Crippen molar-refractivity contribution in [1.29, 1.82) is 0 Å². The molecule has 0 saturated carbocycles. The minimum absolute atomic E-state index is 0.0904. The van der Waals surface area contributed by atoms with E-state index in [1.165, 1.54) is 12.8 Å². The number of nitrogens with two attached hydrogens (primary N) is 1. The predicted molar refractivity (Wildman–Crippen MR) is 116 cm³/mol. The lowest BCUT2D eigenvalue weighted by Crippen LogP contribution is -2.30. The van der Waals surface area contributed by atoms with Gasteiger partial charge < -0.3 is 24.9 Å². The van der Waals surface area contributed by atoms with Crippen molar-refractivity contribution in [2.75, 3.05) is 38.2 Å². The van der Waals surface area contributed by atoms with Crippen LogP contribution in [0.3, 0.4) is 0 Å². The number of nitrogens with zero attached hydrogens (tertiary/aromatic N) is 2. The van der Waals surface area contributed by atoms with E-state index in [1.807, 2.05) is 51.1 Å². The molecule has 2 aromatic rings. The van der Waals surface area contributed by atoms with Crippen molar-refractivity contribution in [3.05, 3.63) is 41.9 Å². The van der Waals surface area contributed by atoms with Crippen molar-refractivity contribution in [3.8, 4) is 11.5 Å². The first kappa shape index (κ1) is 21.0. The molecule has 1 aliphatic heterocycles. The van der Waals surface area contributed by atoms with Crippen molar-refractivity contribution < 1.29 is 13.9 Å². The van der Waals surface area contributed by atoms with Crippen LogP contribution in [-0.4, -0.2) is 43.7 Å². The van der Waals surface area contributed by atoms with Crippen molar-refractivity contribution in [1.82, 2.24) is 4.90 Å². The fourth-order valence-electron chi connectivity index (χ4n) is 3.58. The second-order valence-corrected chi connectivity index (χ2v) is 7.08. The van der Waals surface area contributed by atoms with Crippen molar-refractivity contribution in [2.45, 2.75) is 39.7 Å². The fraction of sp³-hybridized carbons (Fsp3) is 0.500. The number of aliphatic imine (C=N–C) groups is 1. The Bertz CT molecular complexity index is 812. The van der Waals surface area contributed by atoms with Crippen LogP contribution in [0.1, 0.15) is 44.3 Å². The van der Waals surface area contributed by atoms with Gasteiger partial charge in [-0.3, -0.25) is 9.89 Å². The van der Waals surface area contributed by atoms with Crippen LogP contribution in [0.25, 0.3) is 0 Å². The van der Waals surface area contributed by atoms with E-state index in [1.54, 1.807) is 0 Å². The highest BCUT2D eigenvalue weighted by molar-refractivity contribution is 5.94. The van der Waals surface area contributed by atoms with Gasteiger partial charge in [-0.1, -0.05) is 0 Å². The van der Waals surface area contributed by atoms with E-state index in [2.05, 4.69) is 15.2 Å². The summed E-state index contributed by atoms with van der Waals surface area (Å²) in [5, 5.41) is 3.17. The van der Waals surface area contributed by atoms with Crippen LogP contribution in [-0.2, 0) is 0 Å². The van der Waals surface area contributed by atoms with Gasteiger partial charge in [0.15, 0.2) is 5.96 Å². The normalized spacial score (nSPS) is 16.0. The summed E-state index contributed by atoms with van der Waals surface area (Å²) in [5.41, 5.74) is 6.96. The molecule has 1 fully saturated rings. The quantitative estimate of drug-likeness (QED) is 0.490. The molecular weight excluding hydrogens is 368 g/mol.